The van der Waals surface area contributed by atoms with Gasteiger partial charge in [-0.25, -0.2) is 0 Å². The van der Waals surface area contributed by atoms with Crippen molar-refractivity contribution in [2.45, 2.75) is 6.42 Å². The Balaban J connectivity index is 2.90. The molecule has 0 aliphatic rings. The predicted molar refractivity (Wildman–Crippen MR) is 55.0 cm³/mol. The molecule has 0 saturated heterocycles. The van der Waals surface area contributed by atoms with Crippen LogP contribution in [0.2, 0.25) is 5.02 Å². The number of rotatable bonds is 2. The summed E-state index contributed by atoms with van der Waals surface area (Å²) in [5.41, 5.74) is 1.15. The zero-order chi connectivity index (χ0) is 8.27. The Bertz CT molecular complexity index is 250. The van der Waals surface area contributed by atoms with E-state index >= 15 is 0 Å². The summed E-state index contributed by atoms with van der Waals surface area (Å²) in [4.78, 5) is 0. The molecule has 0 unspecified atom stereocenters. The van der Waals surface area contributed by atoms with Crippen molar-refractivity contribution in [1.29, 1.82) is 0 Å². The molecule has 0 atom stereocenters. The first-order valence-electron chi connectivity index (χ1n) is 3.29. The van der Waals surface area contributed by atoms with Gasteiger partial charge in [0.25, 0.3) is 0 Å². The first-order chi connectivity index (χ1) is 5.24. The van der Waals surface area contributed by atoms with Crippen molar-refractivity contribution < 1.29 is 5.11 Å². The van der Waals surface area contributed by atoms with Crippen LogP contribution in [0.15, 0.2) is 18.2 Å². The zero-order valence-corrected chi connectivity index (χ0v) is 8.76. The van der Waals surface area contributed by atoms with E-state index in [-0.39, 0.29) is 6.61 Å². The van der Waals surface area contributed by atoms with E-state index in [1.165, 1.54) is 0 Å². The Labute approximate surface area is 84.5 Å². The first kappa shape index (κ1) is 9.29. The van der Waals surface area contributed by atoms with Crippen LogP contribution in [0.4, 0.5) is 0 Å². The molecule has 0 bridgehead atoms. The summed E-state index contributed by atoms with van der Waals surface area (Å²) in [6, 6.07) is 5.68. The topological polar surface area (TPSA) is 20.2 Å². The van der Waals surface area contributed by atoms with Crippen LogP contribution in [0.3, 0.4) is 0 Å². The molecule has 0 fully saturated rings. The minimum Gasteiger partial charge on any atom is -0.396 e. The Morgan fingerprint density at radius 2 is 2.18 bits per heavy atom. The van der Waals surface area contributed by atoms with Gasteiger partial charge in [-0.2, -0.15) is 0 Å². The van der Waals surface area contributed by atoms with Crippen LogP contribution < -0.4 is 0 Å². The molecule has 0 aliphatic heterocycles. The molecule has 1 rings (SSSR count). The second-order valence-corrected chi connectivity index (χ2v) is 3.81. The highest BCUT2D eigenvalue weighted by Gasteiger charge is 1.98. The zero-order valence-electron chi connectivity index (χ0n) is 5.85. The van der Waals surface area contributed by atoms with Gasteiger partial charge < -0.3 is 5.11 Å². The lowest BCUT2D eigenvalue weighted by Gasteiger charge is -2.01. The molecule has 0 aromatic heterocycles. The van der Waals surface area contributed by atoms with Crippen molar-refractivity contribution in [3.8, 4) is 0 Å². The van der Waals surface area contributed by atoms with Crippen molar-refractivity contribution in [3.63, 3.8) is 0 Å². The van der Waals surface area contributed by atoms with Gasteiger partial charge >= 0.3 is 0 Å². The lowest BCUT2D eigenvalue weighted by Crippen LogP contribution is -1.93. The number of aliphatic hydroxyl groups excluding tert-OH is 1. The van der Waals surface area contributed by atoms with Crippen LogP contribution in [-0.2, 0) is 6.42 Å². The lowest BCUT2D eigenvalue weighted by atomic mass is 10.2. The van der Waals surface area contributed by atoms with E-state index in [4.69, 9.17) is 16.7 Å². The fraction of sp³-hybridized carbons (Fsp3) is 0.250. The van der Waals surface area contributed by atoms with Gasteiger partial charge in [0.1, 0.15) is 0 Å². The highest BCUT2D eigenvalue weighted by molar-refractivity contribution is 14.1. The quantitative estimate of drug-likeness (QED) is 0.826. The van der Waals surface area contributed by atoms with Crippen molar-refractivity contribution in [2.24, 2.45) is 0 Å². The fourth-order valence-electron chi connectivity index (χ4n) is 0.845. The third-order valence-electron chi connectivity index (χ3n) is 1.40. The highest BCUT2D eigenvalue weighted by atomic mass is 127. The van der Waals surface area contributed by atoms with Crippen molar-refractivity contribution in [3.05, 3.63) is 32.4 Å². The summed E-state index contributed by atoms with van der Waals surface area (Å²) in [6.07, 6.45) is 0.704. The molecular weight excluding hydrogens is 274 g/mol. The van der Waals surface area contributed by atoms with E-state index < -0.39 is 0 Å². The summed E-state index contributed by atoms with van der Waals surface area (Å²) in [5, 5.41) is 9.42. The van der Waals surface area contributed by atoms with Gasteiger partial charge in [-0.15, -0.1) is 0 Å². The molecule has 0 aliphatic carbocycles. The van der Waals surface area contributed by atoms with Gasteiger partial charge in [0.2, 0.25) is 0 Å². The number of benzene rings is 1. The SMILES string of the molecule is OCCc1ccc(Cl)cc1I. The highest BCUT2D eigenvalue weighted by Crippen LogP contribution is 2.17. The summed E-state index contributed by atoms with van der Waals surface area (Å²) in [7, 11) is 0. The van der Waals surface area contributed by atoms with Crippen LogP contribution in [0, 0.1) is 3.57 Å². The molecule has 11 heavy (non-hydrogen) atoms. The van der Waals surface area contributed by atoms with E-state index in [2.05, 4.69) is 22.6 Å². The molecule has 0 heterocycles. The van der Waals surface area contributed by atoms with Crippen LogP contribution in [-0.4, -0.2) is 11.7 Å². The van der Waals surface area contributed by atoms with Crippen LogP contribution in [0.5, 0.6) is 0 Å². The Kier molecular flexibility index (Phi) is 3.62. The number of hydrogen-bond donors (Lipinski definition) is 1. The predicted octanol–water partition coefficient (Wildman–Crippen LogP) is 2.48. The van der Waals surface area contributed by atoms with Gasteiger partial charge in [0.15, 0.2) is 0 Å². The number of hydrogen-bond acceptors (Lipinski definition) is 1. The molecule has 0 amide bonds. The maximum absolute atomic E-state index is 8.68. The third kappa shape index (κ3) is 2.61. The summed E-state index contributed by atoms with van der Waals surface area (Å²) in [6.45, 7) is 0.192. The van der Waals surface area contributed by atoms with Gasteiger partial charge in [-0.3, -0.25) is 0 Å². The van der Waals surface area contributed by atoms with Crippen molar-refractivity contribution in [1.82, 2.24) is 0 Å². The standard InChI is InChI=1S/C8H8ClIO/c9-7-2-1-6(3-4-11)8(10)5-7/h1-2,5,11H,3-4H2. The van der Waals surface area contributed by atoms with Crippen LogP contribution in [0.1, 0.15) is 5.56 Å². The van der Waals surface area contributed by atoms with Crippen molar-refractivity contribution >= 4 is 34.2 Å². The average molecular weight is 283 g/mol. The van der Waals surface area contributed by atoms with E-state index in [9.17, 15) is 0 Å². The Hall–Kier alpha value is 0.200. The second-order valence-electron chi connectivity index (χ2n) is 2.21. The first-order valence-corrected chi connectivity index (χ1v) is 4.74. The Morgan fingerprint density at radius 3 is 2.73 bits per heavy atom. The second kappa shape index (κ2) is 4.28. The van der Waals surface area contributed by atoms with E-state index in [0.29, 0.717) is 6.42 Å². The molecule has 1 N–H and O–H groups in total. The van der Waals surface area contributed by atoms with Gasteiger partial charge in [-0.1, -0.05) is 17.7 Å². The maximum atomic E-state index is 8.68. The molecule has 0 spiro atoms. The van der Waals surface area contributed by atoms with Crippen molar-refractivity contribution in [2.75, 3.05) is 6.61 Å². The lowest BCUT2D eigenvalue weighted by molar-refractivity contribution is 0.299. The van der Waals surface area contributed by atoms with Gasteiger partial charge in [-0.05, 0) is 46.7 Å². The molecule has 0 radical (unpaired) electrons. The minimum atomic E-state index is 0.192. The normalized spacial score (nSPS) is 10.1. The Morgan fingerprint density at radius 1 is 1.45 bits per heavy atom. The number of aliphatic hydroxyl groups is 1. The molecular formula is C8H8ClIO. The molecule has 1 aromatic carbocycles. The molecule has 3 heteroatoms. The largest absolute Gasteiger partial charge is 0.396 e. The number of halogens is 2. The van der Waals surface area contributed by atoms with Gasteiger partial charge in [0, 0.05) is 15.2 Å². The van der Waals surface area contributed by atoms with E-state index in [0.717, 1.165) is 14.2 Å². The smallest absolute Gasteiger partial charge is 0.0471 e. The molecule has 1 aromatic rings. The maximum Gasteiger partial charge on any atom is 0.0471 e. The molecule has 0 saturated carbocycles. The van der Waals surface area contributed by atoms with Gasteiger partial charge in [0.05, 0.1) is 0 Å². The average Bonchev–Trinajstić information content (AvgIpc) is 1.95. The monoisotopic (exact) mass is 282 g/mol. The summed E-state index contributed by atoms with van der Waals surface area (Å²) < 4.78 is 1.11. The van der Waals surface area contributed by atoms with Crippen LogP contribution >= 0.6 is 34.2 Å². The fourth-order valence-corrected chi connectivity index (χ4v) is 1.99. The van der Waals surface area contributed by atoms with Crippen LogP contribution in [0.25, 0.3) is 0 Å². The van der Waals surface area contributed by atoms with E-state index in [1.807, 2.05) is 18.2 Å². The third-order valence-corrected chi connectivity index (χ3v) is 2.64. The van der Waals surface area contributed by atoms with E-state index in [1.54, 1.807) is 0 Å². The summed E-state index contributed by atoms with van der Waals surface area (Å²) >= 11 is 7.96. The minimum absolute atomic E-state index is 0.192. The molecule has 60 valence electrons. The molecule has 1 nitrogen and oxygen atoms in total. The summed E-state index contributed by atoms with van der Waals surface area (Å²) in [5.74, 6) is 0.